The highest BCUT2D eigenvalue weighted by Gasteiger charge is 2.16. The van der Waals surface area contributed by atoms with E-state index in [1.165, 1.54) is 44.2 Å². The lowest BCUT2D eigenvalue weighted by Crippen LogP contribution is -2.21. The molecule has 1 amide bonds. The van der Waals surface area contributed by atoms with Gasteiger partial charge in [-0.25, -0.2) is 9.59 Å². The lowest BCUT2D eigenvalue weighted by atomic mass is 10.1. The number of halogens is 1. The van der Waals surface area contributed by atoms with Crippen molar-refractivity contribution in [1.29, 1.82) is 0 Å². The zero-order valence-electron chi connectivity index (χ0n) is 16.8. The van der Waals surface area contributed by atoms with Gasteiger partial charge in [0, 0.05) is 16.3 Å². The SMILES string of the molecule is COC(=O)c1cc(NC(=O)COC(=O)CCSc2ccccc2Cl)cc(C(=O)OC)c1. The van der Waals surface area contributed by atoms with Gasteiger partial charge in [-0.15, -0.1) is 11.8 Å². The van der Waals surface area contributed by atoms with Crippen LogP contribution in [0.2, 0.25) is 5.02 Å². The number of amides is 1. The summed E-state index contributed by atoms with van der Waals surface area (Å²) in [6.45, 7) is -0.522. The molecule has 0 atom stereocenters. The Morgan fingerprint density at radius 1 is 0.968 bits per heavy atom. The minimum absolute atomic E-state index is 0.0503. The van der Waals surface area contributed by atoms with E-state index in [4.69, 9.17) is 16.3 Å². The van der Waals surface area contributed by atoms with Crippen molar-refractivity contribution >= 4 is 52.9 Å². The number of thioether (sulfide) groups is 1. The van der Waals surface area contributed by atoms with E-state index in [0.717, 1.165) is 4.90 Å². The second-order valence-corrected chi connectivity index (χ2v) is 7.56. The fourth-order valence-corrected chi connectivity index (χ4v) is 3.56. The van der Waals surface area contributed by atoms with Crippen LogP contribution in [0, 0.1) is 0 Å². The molecule has 0 saturated heterocycles. The Balaban J connectivity index is 1.88. The third-order valence-corrected chi connectivity index (χ3v) is 5.34. The van der Waals surface area contributed by atoms with Crippen LogP contribution in [-0.4, -0.2) is 50.4 Å². The molecular weight excluding hydrogens is 446 g/mol. The second kappa shape index (κ2) is 12.0. The van der Waals surface area contributed by atoms with Crippen molar-refractivity contribution in [3.8, 4) is 0 Å². The van der Waals surface area contributed by atoms with Crippen molar-refractivity contribution in [2.45, 2.75) is 11.3 Å². The van der Waals surface area contributed by atoms with E-state index < -0.39 is 30.4 Å². The zero-order valence-corrected chi connectivity index (χ0v) is 18.4. The number of ether oxygens (including phenoxy) is 3. The van der Waals surface area contributed by atoms with Crippen LogP contribution in [0.5, 0.6) is 0 Å². The fourth-order valence-electron chi connectivity index (χ4n) is 2.39. The average molecular weight is 466 g/mol. The summed E-state index contributed by atoms with van der Waals surface area (Å²) in [5.74, 6) is -2.13. The van der Waals surface area contributed by atoms with Crippen LogP contribution < -0.4 is 5.32 Å². The van der Waals surface area contributed by atoms with Gasteiger partial charge in [0.2, 0.25) is 0 Å². The molecule has 0 bridgehead atoms. The maximum atomic E-state index is 12.1. The zero-order chi connectivity index (χ0) is 22.8. The lowest BCUT2D eigenvalue weighted by molar-refractivity contribution is -0.146. The number of hydrogen-bond acceptors (Lipinski definition) is 8. The molecule has 2 aromatic carbocycles. The van der Waals surface area contributed by atoms with E-state index in [-0.39, 0.29) is 23.2 Å². The third kappa shape index (κ3) is 7.62. The Kier molecular flexibility index (Phi) is 9.36. The van der Waals surface area contributed by atoms with Crippen molar-refractivity contribution < 1.29 is 33.4 Å². The van der Waals surface area contributed by atoms with E-state index in [0.29, 0.717) is 10.8 Å². The highest BCUT2D eigenvalue weighted by atomic mass is 35.5. The normalized spacial score (nSPS) is 10.2. The molecule has 0 aliphatic rings. The van der Waals surface area contributed by atoms with Gasteiger partial charge in [-0.05, 0) is 30.3 Å². The molecule has 31 heavy (non-hydrogen) atoms. The molecule has 0 aromatic heterocycles. The molecule has 1 N–H and O–H groups in total. The summed E-state index contributed by atoms with van der Waals surface area (Å²) in [6, 6.07) is 11.2. The average Bonchev–Trinajstić information content (AvgIpc) is 2.77. The molecule has 2 rings (SSSR count). The number of hydrogen-bond donors (Lipinski definition) is 1. The molecule has 0 spiro atoms. The van der Waals surface area contributed by atoms with Gasteiger partial charge >= 0.3 is 17.9 Å². The second-order valence-electron chi connectivity index (χ2n) is 6.02. The molecule has 0 heterocycles. The van der Waals surface area contributed by atoms with Crippen molar-refractivity contribution in [2.75, 3.05) is 31.9 Å². The first-order valence-corrected chi connectivity index (χ1v) is 10.3. The monoisotopic (exact) mass is 465 g/mol. The first-order chi connectivity index (χ1) is 14.8. The minimum atomic E-state index is -0.691. The Bertz CT molecular complexity index is 946. The van der Waals surface area contributed by atoms with Gasteiger partial charge in [0.1, 0.15) is 0 Å². The Hall–Kier alpha value is -3.04. The van der Waals surface area contributed by atoms with Crippen LogP contribution in [0.25, 0.3) is 0 Å². The van der Waals surface area contributed by atoms with Gasteiger partial charge in [-0.1, -0.05) is 23.7 Å². The summed E-state index contributed by atoms with van der Waals surface area (Å²) < 4.78 is 14.2. The van der Waals surface area contributed by atoms with Crippen LogP contribution in [0.4, 0.5) is 5.69 Å². The van der Waals surface area contributed by atoms with Crippen LogP contribution >= 0.6 is 23.4 Å². The highest BCUT2D eigenvalue weighted by molar-refractivity contribution is 7.99. The molecule has 0 radical (unpaired) electrons. The third-order valence-electron chi connectivity index (χ3n) is 3.82. The molecular formula is C21H20ClNO7S. The van der Waals surface area contributed by atoms with Crippen LogP contribution in [0.3, 0.4) is 0 Å². The van der Waals surface area contributed by atoms with Gasteiger partial charge in [0.25, 0.3) is 5.91 Å². The molecule has 0 unspecified atom stereocenters. The van der Waals surface area contributed by atoms with E-state index in [2.05, 4.69) is 14.8 Å². The standard InChI is InChI=1S/C21H20ClNO7S/c1-28-20(26)13-9-14(21(27)29-2)11-15(10-13)23-18(24)12-30-19(25)7-8-31-17-6-4-3-5-16(17)22/h3-6,9-11H,7-8,12H2,1-2H3,(H,23,24). The summed E-state index contributed by atoms with van der Waals surface area (Å²) in [5, 5.41) is 3.07. The molecule has 164 valence electrons. The van der Waals surface area contributed by atoms with Crippen molar-refractivity contribution in [2.24, 2.45) is 0 Å². The number of methoxy groups -OCH3 is 2. The molecule has 2 aromatic rings. The maximum Gasteiger partial charge on any atom is 0.337 e. The predicted octanol–water partition coefficient (Wildman–Crippen LogP) is 3.58. The molecule has 0 fully saturated rings. The largest absolute Gasteiger partial charge is 0.465 e. The first-order valence-electron chi connectivity index (χ1n) is 8.98. The number of carbonyl (C=O) groups is 4. The number of nitrogens with one attached hydrogen (secondary N) is 1. The van der Waals surface area contributed by atoms with Crippen LogP contribution in [0.1, 0.15) is 27.1 Å². The van der Waals surface area contributed by atoms with Crippen molar-refractivity contribution in [3.05, 3.63) is 58.6 Å². The van der Waals surface area contributed by atoms with Crippen molar-refractivity contribution in [3.63, 3.8) is 0 Å². The first kappa shape index (κ1) is 24.2. The quantitative estimate of drug-likeness (QED) is 0.340. The Morgan fingerprint density at radius 2 is 1.58 bits per heavy atom. The smallest absolute Gasteiger partial charge is 0.337 e. The van der Waals surface area contributed by atoms with E-state index in [9.17, 15) is 19.2 Å². The number of carbonyl (C=O) groups excluding carboxylic acids is 4. The van der Waals surface area contributed by atoms with Crippen LogP contribution in [0.15, 0.2) is 47.4 Å². The molecule has 0 saturated carbocycles. The van der Waals surface area contributed by atoms with Crippen LogP contribution in [-0.2, 0) is 23.8 Å². The maximum absolute atomic E-state index is 12.1. The van der Waals surface area contributed by atoms with Gasteiger partial charge in [-0.3, -0.25) is 9.59 Å². The van der Waals surface area contributed by atoms with E-state index in [1.807, 2.05) is 18.2 Å². The Morgan fingerprint density at radius 3 is 2.16 bits per heavy atom. The van der Waals surface area contributed by atoms with E-state index in [1.54, 1.807) is 6.07 Å². The predicted molar refractivity (Wildman–Crippen MR) is 116 cm³/mol. The van der Waals surface area contributed by atoms with Crippen molar-refractivity contribution in [1.82, 2.24) is 0 Å². The summed E-state index contributed by atoms with van der Waals surface area (Å²) in [6.07, 6.45) is 0.0908. The number of benzene rings is 2. The molecule has 0 aliphatic heterocycles. The summed E-state index contributed by atoms with van der Waals surface area (Å²) >= 11 is 7.46. The summed E-state index contributed by atoms with van der Waals surface area (Å²) in [5.41, 5.74) is 0.252. The van der Waals surface area contributed by atoms with Gasteiger partial charge < -0.3 is 19.5 Å². The number of esters is 3. The minimum Gasteiger partial charge on any atom is -0.465 e. The summed E-state index contributed by atoms with van der Waals surface area (Å²) in [4.78, 5) is 48.4. The topological polar surface area (TPSA) is 108 Å². The molecule has 0 aliphatic carbocycles. The fraction of sp³-hybridized carbons (Fsp3) is 0.238. The van der Waals surface area contributed by atoms with Gasteiger partial charge in [0.15, 0.2) is 6.61 Å². The van der Waals surface area contributed by atoms with Gasteiger partial charge in [0.05, 0.1) is 36.8 Å². The Labute approximate surface area is 188 Å². The molecule has 8 nitrogen and oxygen atoms in total. The number of anilines is 1. The highest BCUT2D eigenvalue weighted by Crippen LogP contribution is 2.27. The van der Waals surface area contributed by atoms with Gasteiger partial charge in [-0.2, -0.15) is 0 Å². The lowest BCUT2D eigenvalue weighted by Gasteiger charge is -2.10. The van der Waals surface area contributed by atoms with E-state index >= 15 is 0 Å². The molecule has 10 heteroatoms. The number of rotatable bonds is 9. The summed E-state index contributed by atoms with van der Waals surface area (Å²) in [7, 11) is 2.38.